The molecule has 0 saturated heterocycles. The molecule has 1 aromatic rings. The molecule has 2 rings (SSSR count). The Morgan fingerprint density at radius 3 is 2.35 bits per heavy atom. The largest absolute Gasteiger partial charge is 0.444 e. The van der Waals surface area contributed by atoms with Crippen LogP contribution in [0, 0.1) is 5.41 Å². The van der Waals surface area contributed by atoms with Gasteiger partial charge in [0.2, 0.25) is 0 Å². The summed E-state index contributed by atoms with van der Waals surface area (Å²) >= 11 is 0. The Hall–Kier alpha value is -1.55. The Balaban J connectivity index is 2.20. The molecule has 20 heavy (non-hydrogen) atoms. The van der Waals surface area contributed by atoms with E-state index in [1.165, 1.54) is 0 Å². The van der Waals surface area contributed by atoms with Gasteiger partial charge < -0.3 is 10.5 Å². The Bertz CT molecular complexity index is 532. The number of carbonyl (C=O) groups excluding carboxylic acids is 1. The van der Waals surface area contributed by atoms with Crippen LogP contribution in [-0.4, -0.2) is 11.7 Å². The van der Waals surface area contributed by atoms with Gasteiger partial charge in [-0.3, -0.25) is 5.32 Å². The minimum atomic E-state index is -0.516. The van der Waals surface area contributed by atoms with Gasteiger partial charge in [-0.05, 0) is 44.2 Å². The van der Waals surface area contributed by atoms with Crippen molar-refractivity contribution in [3.8, 4) is 0 Å². The summed E-state index contributed by atoms with van der Waals surface area (Å²) in [6.45, 7) is 9.79. The zero-order valence-corrected chi connectivity index (χ0v) is 12.9. The molecule has 1 aliphatic carbocycles. The lowest BCUT2D eigenvalue weighted by molar-refractivity contribution is 0.0635. The van der Waals surface area contributed by atoms with Crippen LogP contribution >= 0.6 is 0 Å². The number of benzene rings is 1. The molecule has 0 radical (unpaired) electrons. The summed E-state index contributed by atoms with van der Waals surface area (Å²) in [5.74, 6) is 0. The first-order valence-electron chi connectivity index (χ1n) is 6.94. The number of para-hydroxylation sites is 1. The van der Waals surface area contributed by atoms with Crippen molar-refractivity contribution in [2.45, 2.75) is 52.2 Å². The van der Waals surface area contributed by atoms with E-state index in [1.807, 2.05) is 45.0 Å². The number of hydrogen-bond donors (Lipinski definition) is 2. The predicted molar refractivity (Wildman–Crippen MR) is 80.6 cm³/mol. The maximum absolute atomic E-state index is 11.9. The van der Waals surface area contributed by atoms with Crippen molar-refractivity contribution in [3.63, 3.8) is 0 Å². The van der Waals surface area contributed by atoms with E-state index in [0.29, 0.717) is 0 Å². The number of carbonyl (C=O) groups is 1. The number of amides is 1. The van der Waals surface area contributed by atoms with Gasteiger partial charge in [-0.25, -0.2) is 4.79 Å². The Morgan fingerprint density at radius 1 is 1.30 bits per heavy atom. The molecule has 1 atom stereocenters. The number of nitrogens with two attached hydrogens (primary N) is 1. The van der Waals surface area contributed by atoms with Gasteiger partial charge in [0, 0.05) is 11.2 Å². The van der Waals surface area contributed by atoms with Crippen LogP contribution in [0.25, 0.3) is 0 Å². The van der Waals surface area contributed by atoms with Gasteiger partial charge in [0.25, 0.3) is 0 Å². The van der Waals surface area contributed by atoms with Crippen LogP contribution in [0.1, 0.15) is 46.6 Å². The van der Waals surface area contributed by atoms with Crippen molar-refractivity contribution < 1.29 is 9.53 Å². The van der Waals surface area contributed by atoms with E-state index in [0.717, 1.165) is 17.7 Å². The van der Waals surface area contributed by atoms with Crippen LogP contribution in [0.2, 0.25) is 0 Å². The molecule has 1 saturated carbocycles. The molecule has 4 heteroatoms. The third kappa shape index (κ3) is 2.80. The molecule has 1 aliphatic rings. The number of ether oxygens (including phenoxy) is 1. The van der Waals surface area contributed by atoms with E-state index < -0.39 is 11.7 Å². The summed E-state index contributed by atoms with van der Waals surface area (Å²) in [6.07, 6.45) is 0.458. The number of rotatable bonds is 2. The van der Waals surface area contributed by atoms with Crippen LogP contribution < -0.4 is 11.1 Å². The highest BCUT2D eigenvalue weighted by molar-refractivity contribution is 5.86. The second kappa shape index (κ2) is 4.48. The minimum absolute atomic E-state index is 0.0543. The molecule has 0 spiro atoms. The van der Waals surface area contributed by atoms with E-state index in [4.69, 9.17) is 10.5 Å². The predicted octanol–water partition coefficient (Wildman–Crippen LogP) is 3.62. The van der Waals surface area contributed by atoms with Crippen LogP contribution in [0.4, 0.5) is 10.5 Å². The highest BCUT2D eigenvalue weighted by Gasteiger charge is 2.60. The lowest BCUT2D eigenvalue weighted by atomic mass is 9.95. The highest BCUT2D eigenvalue weighted by atomic mass is 16.6. The fraction of sp³-hybridized carbons (Fsp3) is 0.562. The molecule has 4 nitrogen and oxygen atoms in total. The van der Waals surface area contributed by atoms with Gasteiger partial charge in [0.15, 0.2) is 0 Å². The first kappa shape index (κ1) is 14.9. The monoisotopic (exact) mass is 276 g/mol. The van der Waals surface area contributed by atoms with Gasteiger partial charge in [-0.1, -0.05) is 32.0 Å². The Kier molecular flexibility index (Phi) is 3.33. The van der Waals surface area contributed by atoms with Crippen molar-refractivity contribution in [3.05, 3.63) is 29.8 Å². The van der Waals surface area contributed by atoms with E-state index in [-0.39, 0.29) is 11.0 Å². The maximum Gasteiger partial charge on any atom is 0.412 e. The average molecular weight is 276 g/mol. The van der Waals surface area contributed by atoms with Crippen LogP contribution in [0.5, 0.6) is 0 Å². The van der Waals surface area contributed by atoms with Gasteiger partial charge in [0.05, 0.1) is 0 Å². The van der Waals surface area contributed by atoms with Gasteiger partial charge in [0.1, 0.15) is 5.60 Å². The standard InChI is InChI=1S/C16H24N2O2/c1-14(2,3)20-13(19)18-12-9-7-6-8-11(12)16(17)10-15(16,4)5/h6-9H,10,17H2,1-5H3,(H,18,19). The van der Waals surface area contributed by atoms with Crippen molar-refractivity contribution >= 4 is 11.8 Å². The SMILES string of the molecule is CC(C)(C)OC(=O)Nc1ccccc1C1(N)CC1(C)C. The summed E-state index contributed by atoms with van der Waals surface area (Å²) in [7, 11) is 0. The quantitative estimate of drug-likeness (QED) is 0.867. The smallest absolute Gasteiger partial charge is 0.412 e. The highest BCUT2D eigenvalue weighted by Crippen LogP contribution is 2.61. The fourth-order valence-electron chi connectivity index (χ4n) is 2.51. The molecule has 0 bridgehead atoms. The number of hydrogen-bond acceptors (Lipinski definition) is 3. The second-order valence-electron chi connectivity index (χ2n) is 7.20. The summed E-state index contributed by atoms with van der Waals surface area (Å²) < 4.78 is 5.29. The van der Waals surface area contributed by atoms with Crippen molar-refractivity contribution in [2.75, 3.05) is 5.32 Å². The normalized spacial score (nSPS) is 24.1. The average Bonchev–Trinajstić information content (AvgIpc) is 2.76. The summed E-state index contributed by atoms with van der Waals surface area (Å²) in [5.41, 5.74) is 7.32. The van der Waals surface area contributed by atoms with Crippen molar-refractivity contribution in [1.82, 2.24) is 0 Å². The van der Waals surface area contributed by atoms with Gasteiger partial charge in [-0.2, -0.15) is 0 Å². The molecule has 1 amide bonds. The molecule has 1 fully saturated rings. The molecular weight excluding hydrogens is 252 g/mol. The van der Waals surface area contributed by atoms with Crippen LogP contribution in [-0.2, 0) is 10.3 Å². The summed E-state index contributed by atoms with van der Waals surface area (Å²) in [5, 5.41) is 2.81. The Labute approximate surface area is 120 Å². The molecule has 3 N–H and O–H groups in total. The van der Waals surface area contributed by atoms with Crippen LogP contribution in [0.3, 0.4) is 0 Å². The molecule has 0 heterocycles. The third-order valence-corrected chi connectivity index (χ3v) is 3.85. The number of nitrogens with one attached hydrogen (secondary N) is 1. The first-order chi connectivity index (χ1) is 9.05. The van der Waals surface area contributed by atoms with E-state index >= 15 is 0 Å². The van der Waals surface area contributed by atoms with Crippen molar-refractivity contribution in [1.29, 1.82) is 0 Å². The van der Waals surface area contributed by atoms with Gasteiger partial charge >= 0.3 is 6.09 Å². The lowest BCUT2D eigenvalue weighted by Gasteiger charge is -2.23. The third-order valence-electron chi connectivity index (χ3n) is 3.85. The molecular formula is C16H24N2O2. The summed E-state index contributed by atoms with van der Waals surface area (Å²) in [4.78, 5) is 11.9. The zero-order valence-electron chi connectivity index (χ0n) is 12.9. The minimum Gasteiger partial charge on any atom is -0.444 e. The molecule has 110 valence electrons. The molecule has 0 aromatic heterocycles. The Morgan fingerprint density at radius 2 is 1.85 bits per heavy atom. The van der Waals surface area contributed by atoms with E-state index in [2.05, 4.69) is 19.2 Å². The second-order valence-corrected chi connectivity index (χ2v) is 7.20. The maximum atomic E-state index is 11.9. The molecule has 1 unspecified atom stereocenters. The summed E-state index contributed by atoms with van der Waals surface area (Å²) in [6, 6.07) is 7.66. The van der Waals surface area contributed by atoms with Crippen molar-refractivity contribution in [2.24, 2.45) is 11.1 Å². The zero-order chi connectivity index (χ0) is 15.2. The molecule has 0 aliphatic heterocycles. The number of anilines is 1. The lowest BCUT2D eigenvalue weighted by Crippen LogP contribution is -2.30. The van der Waals surface area contributed by atoms with Gasteiger partial charge in [-0.15, -0.1) is 0 Å². The molecule has 1 aromatic carbocycles. The fourth-order valence-corrected chi connectivity index (χ4v) is 2.51. The van der Waals surface area contributed by atoms with Crippen LogP contribution in [0.15, 0.2) is 24.3 Å². The topological polar surface area (TPSA) is 64.3 Å². The van der Waals surface area contributed by atoms with E-state index in [9.17, 15) is 4.79 Å². The van der Waals surface area contributed by atoms with E-state index in [1.54, 1.807) is 0 Å². The first-order valence-corrected chi connectivity index (χ1v) is 6.94.